The van der Waals surface area contributed by atoms with Gasteiger partial charge in [-0.1, -0.05) is 51.0 Å². The third-order valence-corrected chi connectivity index (χ3v) is 1.43. The van der Waals surface area contributed by atoms with Gasteiger partial charge in [-0.3, -0.25) is 0 Å². The molecular weight excluding hydrogens is 132 g/mol. The monoisotopic (exact) mass is 152 g/mol. The Labute approximate surface area is 71.0 Å². The predicted molar refractivity (Wildman–Crippen MR) is 52.6 cm³/mol. The molecule has 0 atom stereocenters. The zero-order valence-corrected chi connectivity index (χ0v) is 8.22. The molecule has 64 valence electrons. The number of hydrogen-bond donors (Lipinski definition) is 0. The van der Waals surface area contributed by atoms with Gasteiger partial charge in [0.15, 0.2) is 0 Å². The molecule has 0 heterocycles. The van der Waals surface area contributed by atoms with Crippen LogP contribution in [0.2, 0.25) is 0 Å². The first-order chi connectivity index (χ1) is 5.16. The molecule has 0 amide bonds. The van der Waals surface area contributed by atoms with Crippen LogP contribution in [0, 0.1) is 5.92 Å². The highest BCUT2D eigenvalue weighted by Gasteiger charge is 1.86. The Hall–Kier alpha value is -0.520. The molecule has 0 heteroatoms. The molecule has 0 bridgehead atoms. The number of rotatable bonds is 4. The van der Waals surface area contributed by atoms with E-state index in [0.29, 0.717) is 5.92 Å². The highest BCUT2D eigenvalue weighted by molar-refractivity contribution is 5.16. The minimum Gasteiger partial charge on any atom is -0.0843 e. The Balaban J connectivity index is 3.75. The molecular formula is C11H20. The average Bonchev–Trinajstić information content (AvgIpc) is 1.86. The van der Waals surface area contributed by atoms with E-state index in [1.54, 1.807) is 0 Å². The van der Waals surface area contributed by atoms with Crippen molar-refractivity contribution in [3.05, 3.63) is 23.8 Å². The van der Waals surface area contributed by atoms with Gasteiger partial charge in [0.1, 0.15) is 0 Å². The lowest BCUT2D eigenvalue weighted by atomic mass is 10.1. The molecule has 0 fully saturated rings. The summed E-state index contributed by atoms with van der Waals surface area (Å²) in [5.74, 6) is 0.668. The maximum absolute atomic E-state index is 2.28. The van der Waals surface area contributed by atoms with Gasteiger partial charge in [-0.05, 0) is 19.3 Å². The minimum atomic E-state index is 0.668. The number of unbranched alkanes of at least 4 members (excludes halogenated alkanes) is 1. The molecule has 11 heavy (non-hydrogen) atoms. The second-order valence-electron chi connectivity index (χ2n) is 3.35. The van der Waals surface area contributed by atoms with Crippen LogP contribution < -0.4 is 0 Å². The topological polar surface area (TPSA) is 0 Å². The van der Waals surface area contributed by atoms with E-state index in [0.717, 1.165) is 0 Å². The summed E-state index contributed by atoms with van der Waals surface area (Å²) in [4.78, 5) is 0. The summed E-state index contributed by atoms with van der Waals surface area (Å²) in [6, 6.07) is 0. The van der Waals surface area contributed by atoms with E-state index < -0.39 is 0 Å². The fourth-order valence-electron chi connectivity index (χ4n) is 1.02. The summed E-state index contributed by atoms with van der Waals surface area (Å²) in [5.41, 5.74) is 1.38. The molecule has 0 aliphatic carbocycles. The molecule has 0 aliphatic rings. The third kappa shape index (κ3) is 7.38. The Kier molecular flexibility index (Phi) is 5.91. The smallest absolute Gasteiger partial charge is 0.0285 e. The first-order valence-corrected chi connectivity index (χ1v) is 4.51. The maximum Gasteiger partial charge on any atom is -0.0285 e. The van der Waals surface area contributed by atoms with Gasteiger partial charge in [0, 0.05) is 0 Å². The first-order valence-electron chi connectivity index (χ1n) is 4.51. The summed E-state index contributed by atoms with van der Waals surface area (Å²) in [7, 11) is 0. The van der Waals surface area contributed by atoms with Crippen molar-refractivity contribution < 1.29 is 0 Å². The van der Waals surface area contributed by atoms with E-state index in [1.165, 1.54) is 18.4 Å². The Morgan fingerprint density at radius 2 is 2.00 bits per heavy atom. The Morgan fingerprint density at radius 3 is 2.45 bits per heavy atom. The van der Waals surface area contributed by atoms with Gasteiger partial charge in [0.25, 0.3) is 0 Å². The predicted octanol–water partition coefficient (Wildman–Crippen LogP) is 3.95. The molecule has 0 saturated carbocycles. The largest absolute Gasteiger partial charge is 0.0843 e. The summed E-state index contributed by atoms with van der Waals surface area (Å²) in [5, 5.41) is 0. The standard InChI is InChI=1S/C11H20/c1-5-6-7-8-11(4)9-10(2)3/h7-10H,5-6H2,1-4H3. The van der Waals surface area contributed by atoms with Gasteiger partial charge in [-0.2, -0.15) is 0 Å². The van der Waals surface area contributed by atoms with Crippen molar-refractivity contribution in [2.24, 2.45) is 5.92 Å². The molecule has 0 aromatic rings. The first kappa shape index (κ1) is 10.5. The Morgan fingerprint density at radius 1 is 1.36 bits per heavy atom. The second kappa shape index (κ2) is 6.21. The summed E-state index contributed by atoms with van der Waals surface area (Å²) in [6.45, 7) is 8.77. The van der Waals surface area contributed by atoms with Crippen LogP contribution >= 0.6 is 0 Å². The van der Waals surface area contributed by atoms with Crippen molar-refractivity contribution >= 4 is 0 Å². The van der Waals surface area contributed by atoms with Crippen molar-refractivity contribution in [2.45, 2.75) is 40.5 Å². The lowest BCUT2D eigenvalue weighted by Gasteiger charge is -1.96. The van der Waals surface area contributed by atoms with Crippen LogP contribution in [-0.2, 0) is 0 Å². The van der Waals surface area contributed by atoms with E-state index >= 15 is 0 Å². The quantitative estimate of drug-likeness (QED) is 0.535. The van der Waals surface area contributed by atoms with Crippen LogP contribution in [0.5, 0.6) is 0 Å². The average molecular weight is 152 g/mol. The molecule has 0 aromatic heterocycles. The molecule has 0 unspecified atom stereocenters. The minimum absolute atomic E-state index is 0.668. The normalized spacial score (nSPS) is 13.4. The fourth-order valence-corrected chi connectivity index (χ4v) is 1.02. The van der Waals surface area contributed by atoms with Crippen LogP contribution in [0.3, 0.4) is 0 Å². The molecule has 0 spiro atoms. The zero-order chi connectivity index (χ0) is 8.69. The Bertz CT molecular complexity index is 138. The SMILES string of the molecule is CCCC=CC(C)=CC(C)C. The second-order valence-corrected chi connectivity index (χ2v) is 3.35. The highest BCUT2D eigenvalue weighted by Crippen LogP contribution is 2.03. The zero-order valence-electron chi connectivity index (χ0n) is 8.22. The van der Waals surface area contributed by atoms with Crippen molar-refractivity contribution in [2.75, 3.05) is 0 Å². The van der Waals surface area contributed by atoms with E-state index in [-0.39, 0.29) is 0 Å². The van der Waals surface area contributed by atoms with Crippen LogP contribution in [0.25, 0.3) is 0 Å². The van der Waals surface area contributed by atoms with Gasteiger partial charge in [0.2, 0.25) is 0 Å². The van der Waals surface area contributed by atoms with Crippen molar-refractivity contribution in [3.63, 3.8) is 0 Å². The maximum atomic E-state index is 2.28. The van der Waals surface area contributed by atoms with E-state index in [2.05, 4.69) is 45.9 Å². The molecule has 0 aromatic carbocycles. The molecule has 0 aliphatic heterocycles. The van der Waals surface area contributed by atoms with Gasteiger partial charge in [0.05, 0.1) is 0 Å². The lowest BCUT2D eigenvalue weighted by molar-refractivity contribution is 0.825. The van der Waals surface area contributed by atoms with Gasteiger partial charge in [-0.25, -0.2) is 0 Å². The summed E-state index contributed by atoms with van der Waals surface area (Å²) in [6.07, 6.45) is 9.18. The number of hydrogen-bond acceptors (Lipinski definition) is 0. The highest BCUT2D eigenvalue weighted by atomic mass is 13.9. The summed E-state index contributed by atoms with van der Waals surface area (Å²) >= 11 is 0. The van der Waals surface area contributed by atoms with Crippen molar-refractivity contribution in [1.82, 2.24) is 0 Å². The van der Waals surface area contributed by atoms with E-state index in [1.807, 2.05) is 0 Å². The molecule has 0 rings (SSSR count). The van der Waals surface area contributed by atoms with E-state index in [9.17, 15) is 0 Å². The molecule has 0 nitrogen and oxygen atoms in total. The third-order valence-electron chi connectivity index (χ3n) is 1.43. The van der Waals surface area contributed by atoms with Crippen LogP contribution in [0.15, 0.2) is 23.8 Å². The van der Waals surface area contributed by atoms with Crippen molar-refractivity contribution in [1.29, 1.82) is 0 Å². The van der Waals surface area contributed by atoms with Crippen LogP contribution in [0.4, 0.5) is 0 Å². The molecule has 0 N–H and O–H groups in total. The molecule has 0 radical (unpaired) electrons. The van der Waals surface area contributed by atoms with Gasteiger partial charge >= 0.3 is 0 Å². The van der Waals surface area contributed by atoms with E-state index in [4.69, 9.17) is 0 Å². The molecule has 0 saturated heterocycles. The van der Waals surface area contributed by atoms with Gasteiger partial charge < -0.3 is 0 Å². The van der Waals surface area contributed by atoms with Crippen molar-refractivity contribution in [3.8, 4) is 0 Å². The lowest BCUT2D eigenvalue weighted by Crippen LogP contribution is -1.79. The van der Waals surface area contributed by atoms with Gasteiger partial charge in [-0.15, -0.1) is 0 Å². The summed E-state index contributed by atoms with van der Waals surface area (Å²) < 4.78 is 0. The number of allylic oxidation sites excluding steroid dienone is 4. The fraction of sp³-hybridized carbons (Fsp3) is 0.636. The van der Waals surface area contributed by atoms with Crippen LogP contribution in [0.1, 0.15) is 40.5 Å². The van der Waals surface area contributed by atoms with Crippen LogP contribution in [-0.4, -0.2) is 0 Å².